The van der Waals surface area contributed by atoms with Gasteiger partial charge in [-0.05, 0) is 35.4 Å². The van der Waals surface area contributed by atoms with Crippen molar-refractivity contribution < 1.29 is 32.3 Å². The van der Waals surface area contributed by atoms with Gasteiger partial charge in [-0.15, -0.1) is 11.8 Å². The summed E-state index contributed by atoms with van der Waals surface area (Å²) in [6.07, 6.45) is -4.55. The molecule has 1 aliphatic heterocycles. The number of alkyl halides is 3. The lowest BCUT2D eigenvalue weighted by Gasteiger charge is -2.16. The molecule has 0 fully saturated rings. The van der Waals surface area contributed by atoms with E-state index in [4.69, 9.17) is 5.11 Å². The SMILES string of the molecule is O=C1C(SCCO)=C(c2ccc(F)cc2)C(=O)N1Cc1cccc(C(F)(F)F)c1. The molecule has 1 heterocycles. The van der Waals surface area contributed by atoms with Gasteiger partial charge in [0.15, 0.2) is 0 Å². The van der Waals surface area contributed by atoms with Crippen LogP contribution in [0, 0.1) is 5.82 Å². The van der Waals surface area contributed by atoms with E-state index in [2.05, 4.69) is 0 Å². The Labute approximate surface area is 167 Å². The van der Waals surface area contributed by atoms with E-state index in [1.165, 1.54) is 24.3 Å². The van der Waals surface area contributed by atoms with Crippen molar-refractivity contribution in [3.05, 3.63) is 75.9 Å². The van der Waals surface area contributed by atoms with Gasteiger partial charge in [-0.25, -0.2) is 4.39 Å². The molecule has 0 spiro atoms. The maximum Gasteiger partial charge on any atom is 0.416 e. The van der Waals surface area contributed by atoms with Gasteiger partial charge in [0, 0.05) is 5.75 Å². The van der Waals surface area contributed by atoms with Gasteiger partial charge in [0.1, 0.15) is 5.82 Å². The van der Waals surface area contributed by atoms with E-state index < -0.39 is 29.4 Å². The Morgan fingerprint density at radius 1 is 1.00 bits per heavy atom. The molecule has 0 bridgehead atoms. The lowest BCUT2D eigenvalue weighted by molar-refractivity contribution is -0.137. The van der Waals surface area contributed by atoms with Crippen LogP contribution in [0.5, 0.6) is 0 Å². The van der Waals surface area contributed by atoms with Gasteiger partial charge in [0.25, 0.3) is 11.8 Å². The first-order valence-electron chi connectivity index (χ1n) is 8.48. The van der Waals surface area contributed by atoms with Crippen molar-refractivity contribution >= 4 is 29.1 Å². The molecule has 0 saturated heterocycles. The quantitative estimate of drug-likeness (QED) is 0.564. The standard InChI is InChI=1S/C20H15F4NO3S/c21-15-6-4-13(5-7-15)16-17(29-9-8-26)19(28)25(18(16)27)11-12-2-1-3-14(10-12)20(22,23)24/h1-7,10,26H,8-9,11H2. The number of aliphatic hydroxyl groups excluding tert-OH is 1. The zero-order chi connectivity index (χ0) is 21.2. The second-order valence-electron chi connectivity index (χ2n) is 6.18. The second kappa shape index (κ2) is 8.38. The van der Waals surface area contributed by atoms with Gasteiger partial charge in [-0.2, -0.15) is 13.2 Å². The van der Waals surface area contributed by atoms with Crippen molar-refractivity contribution in [2.75, 3.05) is 12.4 Å². The van der Waals surface area contributed by atoms with E-state index in [0.717, 1.165) is 40.9 Å². The van der Waals surface area contributed by atoms with Crippen molar-refractivity contribution in [3.63, 3.8) is 0 Å². The third kappa shape index (κ3) is 4.51. The number of rotatable bonds is 6. The smallest absolute Gasteiger partial charge is 0.396 e. The third-order valence-corrected chi connectivity index (χ3v) is 5.25. The van der Waals surface area contributed by atoms with Gasteiger partial charge in [0.2, 0.25) is 0 Å². The predicted octanol–water partition coefficient (Wildman–Crippen LogP) is 3.85. The summed E-state index contributed by atoms with van der Waals surface area (Å²) in [5.74, 6) is -1.71. The summed E-state index contributed by atoms with van der Waals surface area (Å²) in [6, 6.07) is 9.38. The number of imide groups is 1. The van der Waals surface area contributed by atoms with Crippen LogP contribution in [0.3, 0.4) is 0 Å². The summed E-state index contributed by atoms with van der Waals surface area (Å²) in [4.78, 5) is 26.7. The van der Waals surface area contributed by atoms with Gasteiger partial charge >= 0.3 is 6.18 Å². The highest BCUT2D eigenvalue weighted by molar-refractivity contribution is 8.04. The van der Waals surface area contributed by atoms with Crippen LogP contribution in [0.25, 0.3) is 5.57 Å². The van der Waals surface area contributed by atoms with E-state index in [9.17, 15) is 27.2 Å². The van der Waals surface area contributed by atoms with Crippen molar-refractivity contribution in [1.29, 1.82) is 0 Å². The van der Waals surface area contributed by atoms with Gasteiger partial charge < -0.3 is 5.11 Å². The first kappa shape index (κ1) is 21.1. The molecular weight excluding hydrogens is 410 g/mol. The van der Waals surface area contributed by atoms with Crippen molar-refractivity contribution in [2.24, 2.45) is 0 Å². The van der Waals surface area contributed by atoms with Crippen molar-refractivity contribution in [3.8, 4) is 0 Å². The van der Waals surface area contributed by atoms with Crippen molar-refractivity contribution in [1.82, 2.24) is 4.90 Å². The lowest BCUT2D eigenvalue weighted by atomic mass is 10.1. The molecule has 1 N–H and O–H groups in total. The fourth-order valence-electron chi connectivity index (χ4n) is 2.88. The number of amides is 2. The number of benzene rings is 2. The van der Waals surface area contributed by atoms with E-state index in [-0.39, 0.29) is 34.9 Å². The molecule has 2 amide bonds. The highest BCUT2D eigenvalue weighted by Crippen LogP contribution is 2.37. The summed E-state index contributed by atoms with van der Waals surface area (Å²) in [7, 11) is 0. The van der Waals surface area contributed by atoms with Gasteiger partial charge in [0.05, 0.1) is 29.2 Å². The number of nitrogens with zero attached hydrogens (tertiary/aromatic N) is 1. The fourth-order valence-corrected chi connectivity index (χ4v) is 3.76. The summed E-state index contributed by atoms with van der Waals surface area (Å²) >= 11 is 0.969. The number of hydrogen-bond acceptors (Lipinski definition) is 4. The van der Waals surface area contributed by atoms with E-state index >= 15 is 0 Å². The molecule has 9 heteroatoms. The first-order valence-corrected chi connectivity index (χ1v) is 9.47. The van der Waals surface area contributed by atoms with Crippen LogP contribution in [0.15, 0.2) is 53.4 Å². The Kier molecular flexibility index (Phi) is 6.09. The average molecular weight is 425 g/mol. The van der Waals surface area contributed by atoms with E-state index in [0.29, 0.717) is 5.56 Å². The molecule has 0 atom stereocenters. The topological polar surface area (TPSA) is 57.6 Å². The van der Waals surface area contributed by atoms with E-state index in [1.807, 2.05) is 0 Å². The average Bonchev–Trinajstić information content (AvgIpc) is 2.91. The lowest BCUT2D eigenvalue weighted by Crippen LogP contribution is -2.31. The summed E-state index contributed by atoms with van der Waals surface area (Å²) in [6.45, 7) is -0.574. The minimum Gasteiger partial charge on any atom is -0.396 e. The van der Waals surface area contributed by atoms with Crippen LogP contribution in [0.4, 0.5) is 17.6 Å². The molecular formula is C20H15F4NO3S. The monoisotopic (exact) mass is 425 g/mol. The second-order valence-corrected chi connectivity index (χ2v) is 7.28. The van der Waals surface area contributed by atoms with Crippen LogP contribution in [0.1, 0.15) is 16.7 Å². The minimum absolute atomic E-state index is 0.0421. The molecule has 2 aromatic carbocycles. The minimum atomic E-state index is -4.55. The Hall–Kier alpha value is -2.65. The summed E-state index contributed by atoms with van der Waals surface area (Å²) < 4.78 is 52.1. The molecule has 2 aromatic rings. The molecule has 4 nitrogen and oxygen atoms in total. The highest BCUT2D eigenvalue weighted by atomic mass is 32.2. The maximum atomic E-state index is 13.2. The number of carbonyl (C=O) groups excluding carboxylic acids is 2. The van der Waals surface area contributed by atoms with Crippen LogP contribution in [-0.4, -0.2) is 34.2 Å². The highest BCUT2D eigenvalue weighted by Gasteiger charge is 2.39. The Morgan fingerprint density at radius 3 is 2.31 bits per heavy atom. The summed E-state index contributed by atoms with van der Waals surface area (Å²) in [5, 5.41) is 9.07. The third-order valence-electron chi connectivity index (χ3n) is 4.19. The van der Waals surface area contributed by atoms with Crippen LogP contribution in [-0.2, 0) is 22.3 Å². The molecule has 29 heavy (non-hydrogen) atoms. The first-order chi connectivity index (χ1) is 13.7. The molecule has 0 unspecified atom stereocenters. The maximum absolute atomic E-state index is 13.2. The number of thioether (sulfide) groups is 1. The Morgan fingerprint density at radius 2 is 1.69 bits per heavy atom. The van der Waals surface area contributed by atoms with Crippen LogP contribution >= 0.6 is 11.8 Å². The normalized spacial score (nSPS) is 14.9. The van der Waals surface area contributed by atoms with Gasteiger partial charge in [-0.3, -0.25) is 14.5 Å². The number of halogens is 4. The molecule has 3 rings (SSSR count). The zero-order valence-corrected chi connectivity index (χ0v) is 15.7. The van der Waals surface area contributed by atoms with Crippen LogP contribution in [0.2, 0.25) is 0 Å². The summed E-state index contributed by atoms with van der Waals surface area (Å²) in [5.41, 5.74) is -0.374. The van der Waals surface area contributed by atoms with Gasteiger partial charge in [-0.1, -0.05) is 24.3 Å². The molecule has 0 aliphatic carbocycles. The predicted molar refractivity (Wildman–Crippen MR) is 99.9 cm³/mol. The molecule has 0 saturated carbocycles. The van der Waals surface area contributed by atoms with Crippen LogP contribution < -0.4 is 0 Å². The Bertz CT molecular complexity index is 970. The number of hydrogen-bond donors (Lipinski definition) is 1. The molecule has 0 radical (unpaired) electrons. The number of carbonyl (C=O) groups is 2. The molecule has 0 aromatic heterocycles. The fraction of sp³-hybridized carbons (Fsp3) is 0.200. The largest absolute Gasteiger partial charge is 0.416 e. The van der Waals surface area contributed by atoms with Crippen molar-refractivity contribution in [2.45, 2.75) is 12.7 Å². The number of aliphatic hydroxyl groups is 1. The van der Waals surface area contributed by atoms with E-state index in [1.54, 1.807) is 0 Å². The zero-order valence-electron chi connectivity index (χ0n) is 14.9. The molecule has 152 valence electrons. The Balaban J connectivity index is 1.94. The molecule has 1 aliphatic rings.